The molecule has 6 heteroatoms. The number of carbonyl (C=O) groups excluding carboxylic acids is 2. The molecule has 0 bridgehead atoms. The first kappa shape index (κ1) is 18.1. The lowest BCUT2D eigenvalue weighted by Crippen LogP contribution is -2.29. The molecular weight excluding hydrogens is 354 g/mol. The van der Waals surface area contributed by atoms with E-state index in [0.717, 1.165) is 34.3 Å². The number of aromatic nitrogens is 1. The fraction of sp³-hybridized carbons (Fsp3) is 0.273. The Morgan fingerprint density at radius 1 is 1.25 bits per heavy atom. The first-order valence-corrected chi connectivity index (χ1v) is 9.42. The smallest absolute Gasteiger partial charge is 0.229 e. The van der Waals surface area contributed by atoms with Crippen LogP contribution in [0.1, 0.15) is 12.0 Å². The number of likely N-dealkylation sites (tertiary alicyclic amines) is 1. The van der Waals surface area contributed by atoms with Gasteiger partial charge in [-0.15, -0.1) is 0 Å². The second kappa shape index (κ2) is 7.76. The number of nitrogens with one attached hydrogen (secondary N) is 2. The summed E-state index contributed by atoms with van der Waals surface area (Å²) in [5, 5.41) is 4.00. The highest BCUT2D eigenvalue weighted by Gasteiger charge is 2.34. The Morgan fingerprint density at radius 3 is 2.86 bits per heavy atom. The zero-order chi connectivity index (χ0) is 19.5. The molecule has 1 saturated heterocycles. The molecule has 0 saturated carbocycles. The van der Waals surface area contributed by atoms with Crippen LogP contribution in [0.15, 0.2) is 54.7 Å². The van der Waals surface area contributed by atoms with Crippen molar-refractivity contribution in [1.29, 1.82) is 0 Å². The molecular formula is C22H23N3O3. The van der Waals surface area contributed by atoms with Crippen LogP contribution in [-0.4, -0.2) is 41.9 Å². The third-order valence-corrected chi connectivity index (χ3v) is 5.25. The molecule has 3 aromatic rings. The predicted molar refractivity (Wildman–Crippen MR) is 108 cm³/mol. The molecule has 0 radical (unpaired) electrons. The van der Waals surface area contributed by atoms with E-state index in [1.807, 2.05) is 54.7 Å². The van der Waals surface area contributed by atoms with Gasteiger partial charge in [-0.1, -0.05) is 18.2 Å². The maximum absolute atomic E-state index is 12.5. The summed E-state index contributed by atoms with van der Waals surface area (Å²) in [4.78, 5) is 29.9. The van der Waals surface area contributed by atoms with Crippen LogP contribution in [0.25, 0.3) is 10.9 Å². The van der Waals surface area contributed by atoms with Gasteiger partial charge in [-0.05, 0) is 42.3 Å². The minimum atomic E-state index is -0.309. The number of hydrogen-bond acceptors (Lipinski definition) is 3. The Kier molecular flexibility index (Phi) is 5.02. The third kappa shape index (κ3) is 3.71. The zero-order valence-electron chi connectivity index (χ0n) is 15.8. The number of para-hydroxylation sites is 1. The Morgan fingerprint density at radius 2 is 2.07 bits per heavy atom. The van der Waals surface area contributed by atoms with E-state index in [0.29, 0.717) is 13.1 Å². The van der Waals surface area contributed by atoms with Gasteiger partial charge in [0.05, 0.1) is 13.0 Å². The van der Waals surface area contributed by atoms with Gasteiger partial charge in [0, 0.05) is 42.3 Å². The van der Waals surface area contributed by atoms with Crippen molar-refractivity contribution in [2.24, 2.45) is 5.92 Å². The molecule has 6 nitrogen and oxygen atoms in total. The van der Waals surface area contributed by atoms with Crippen LogP contribution in [0.2, 0.25) is 0 Å². The molecule has 2 aromatic carbocycles. The standard InChI is InChI=1S/C22H23N3O3/c1-28-18-7-8-20-19(12-18)15(13-23-20)9-10-25-14-16(11-21(25)26)22(27)24-17-5-3-2-4-6-17/h2-8,12-13,16,23H,9-11,14H2,1H3,(H,24,27)/t16-/m0/s1. The molecule has 1 aliphatic heterocycles. The summed E-state index contributed by atoms with van der Waals surface area (Å²) in [6, 6.07) is 15.2. The van der Waals surface area contributed by atoms with Crippen molar-refractivity contribution in [3.8, 4) is 5.75 Å². The normalized spacial score (nSPS) is 16.5. The third-order valence-electron chi connectivity index (χ3n) is 5.25. The van der Waals surface area contributed by atoms with Crippen LogP contribution in [0.5, 0.6) is 5.75 Å². The molecule has 0 unspecified atom stereocenters. The Hall–Kier alpha value is -3.28. The quantitative estimate of drug-likeness (QED) is 0.693. The number of hydrogen-bond donors (Lipinski definition) is 2. The first-order chi connectivity index (χ1) is 13.6. The number of benzene rings is 2. The molecule has 1 aromatic heterocycles. The minimum absolute atomic E-state index is 0.0330. The summed E-state index contributed by atoms with van der Waals surface area (Å²) in [5.74, 6) is 0.434. The van der Waals surface area contributed by atoms with Crippen LogP contribution >= 0.6 is 0 Å². The summed E-state index contributed by atoms with van der Waals surface area (Å²) in [5.41, 5.74) is 2.94. The van der Waals surface area contributed by atoms with Gasteiger partial charge in [-0.3, -0.25) is 9.59 Å². The summed E-state index contributed by atoms with van der Waals surface area (Å²) in [7, 11) is 1.65. The van der Waals surface area contributed by atoms with E-state index in [1.165, 1.54) is 0 Å². The minimum Gasteiger partial charge on any atom is -0.497 e. The fourth-order valence-electron chi connectivity index (χ4n) is 3.68. The van der Waals surface area contributed by atoms with E-state index in [1.54, 1.807) is 12.0 Å². The maximum Gasteiger partial charge on any atom is 0.229 e. The number of aromatic amines is 1. The van der Waals surface area contributed by atoms with E-state index >= 15 is 0 Å². The van der Waals surface area contributed by atoms with Gasteiger partial charge in [0.25, 0.3) is 0 Å². The van der Waals surface area contributed by atoms with Crippen molar-refractivity contribution in [3.63, 3.8) is 0 Å². The SMILES string of the molecule is COc1ccc2[nH]cc(CCN3C[C@@H](C(=O)Nc4ccccc4)CC3=O)c2c1. The molecule has 4 rings (SSSR count). The van der Waals surface area contributed by atoms with Gasteiger partial charge in [0.1, 0.15) is 5.75 Å². The van der Waals surface area contributed by atoms with Crippen molar-refractivity contribution < 1.29 is 14.3 Å². The molecule has 144 valence electrons. The van der Waals surface area contributed by atoms with Crippen molar-refractivity contribution in [2.75, 3.05) is 25.5 Å². The highest BCUT2D eigenvalue weighted by molar-refractivity contribution is 5.97. The van der Waals surface area contributed by atoms with E-state index in [-0.39, 0.29) is 24.2 Å². The zero-order valence-corrected chi connectivity index (χ0v) is 15.8. The summed E-state index contributed by atoms with van der Waals surface area (Å²) in [6.45, 7) is 1.06. The number of amides is 2. The van der Waals surface area contributed by atoms with Crippen molar-refractivity contribution >= 4 is 28.4 Å². The monoisotopic (exact) mass is 377 g/mol. The van der Waals surface area contributed by atoms with Gasteiger partial charge in [0.2, 0.25) is 11.8 Å². The number of rotatable bonds is 6. The lowest BCUT2D eigenvalue weighted by Gasteiger charge is -2.16. The maximum atomic E-state index is 12.5. The predicted octanol–water partition coefficient (Wildman–Crippen LogP) is 3.21. The van der Waals surface area contributed by atoms with E-state index in [2.05, 4.69) is 10.3 Å². The molecule has 28 heavy (non-hydrogen) atoms. The number of anilines is 1. The van der Waals surface area contributed by atoms with Crippen molar-refractivity contribution in [3.05, 3.63) is 60.3 Å². The Labute approximate surface area is 163 Å². The highest BCUT2D eigenvalue weighted by atomic mass is 16.5. The lowest BCUT2D eigenvalue weighted by molar-refractivity contribution is -0.128. The molecule has 0 aliphatic carbocycles. The Bertz CT molecular complexity index is 997. The first-order valence-electron chi connectivity index (χ1n) is 9.42. The van der Waals surface area contributed by atoms with Crippen LogP contribution in [0.3, 0.4) is 0 Å². The average Bonchev–Trinajstić information content (AvgIpc) is 3.29. The fourth-order valence-corrected chi connectivity index (χ4v) is 3.68. The number of carbonyl (C=O) groups is 2. The average molecular weight is 377 g/mol. The van der Waals surface area contributed by atoms with Crippen LogP contribution < -0.4 is 10.1 Å². The van der Waals surface area contributed by atoms with Crippen molar-refractivity contribution in [1.82, 2.24) is 9.88 Å². The highest BCUT2D eigenvalue weighted by Crippen LogP contribution is 2.25. The van der Waals surface area contributed by atoms with Gasteiger partial charge in [-0.2, -0.15) is 0 Å². The second-order valence-corrected chi connectivity index (χ2v) is 7.07. The molecule has 0 spiro atoms. The molecule has 1 aliphatic rings. The number of H-pyrrole nitrogens is 1. The van der Waals surface area contributed by atoms with Gasteiger partial charge < -0.3 is 19.9 Å². The number of ether oxygens (including phenoxy) is 1. The topological polar surface area (TPSA) is 74.4 Å². The van der Waals surface area contributed by atoms with E-state index < -0.39 is 0 Å². The lowest BCUT2D eigenvalue weighted by atomic mass is 10.1. The summed E-state index contributed by atoms with van der Waals surface area (Å²) < 4.78 is 5.31. The molecule has 2 heterocycles. The van der Waals surface area contributed by atoms with E-state index in [9.17, 15) is 9.59 Å². The number of nitrogens with zero attached hydrogens (tertiary/aromatic N) is 1. The second-order valence-electron chi connectivity index (χ2n) is 7.07. The Balaban J connectivity index is 1.38. The van der Waals surface area contributed by atoms with Gasteiger partial charge in [0.15, 0.2) is 0 Å². The summed E-state index contributed by atoms with van der Waals surface area (Å²) in [6.07, 6.45) is 2.97. The van der Waals surface area contributed by atoms with Crippen molar-refractivity contribution in [2.45, 2.75) is 12.8 Å². The molecule has 2 N–H and O–H groups in total. The van der Waals surface area contributed by atoms with Gasteiger partial charge >= 0.3 is 0 Å². The number of methoxy groups -OCH3 is 1. The largest absolute Gasteiger partial charge is 0.497 e. The molecule has 1 fully saturated rings. The summed E-state index contributed by atoms with van der Waals surface area (Å²) >= 11 is 0. The van der Waals surface area contributed by atoms with Crippen LogP contribution in [-0.2, 0) is 16.0 Å². The van der Waals surface area contributed by atoms with Crippen LogP contribution in [0.4, 0.5) is 5.69 Å². The van der Waals surface area contributed by atoms with Crippen LogP contribution in [0, 0.1) is 5.92 Å². The van der Waals surface area contributed by atoms with E-state index in [4.69, 9.17) is 4.74 Å². The molecule has 2 amide bonds. The van der Waals surface area contributed by atoms with Gasteiger partial charge in [-0.25, -0.2) is 0 Å². The molecule has 1 atom stereocenters. The number of fused-ring (bicyclic) bond motifs is 1.